The fourth-order valence-electron chi connectivity index (χ4n) is 2.57. The lowest BCUT2D eigenvalue weighted by atomic mass is 10.0. The van der Waals surface area contributed by atoms with Crippen LogP contribution in [0.2, 0.25) is 0 Å². The van der Waals surface area contributed by atoms with E-state index < -0.39 is 0 Å². The molecule has 0 saturated heterocycles. The second kappa shape index (κ2) is 11.9. The Hall–Kier alpha value is -0.930. The van der Waals surface area contributed by atoms with E-state index in [4.69, 9.17) is 5.84 Å². The Morgan fingerprint density at radius 2 is 1.80 bits per heavy atom. The molecule has 114 valence electrons. The largest absolute Gasteiger partial charge is 0.271 e. The smallest absolute Gasteiger partial charge is 0.0300 e. The van der Waals surface area contributed by atoms with Gasteiger partial charge in [-0.15, -0.1) is 0 Å². The predicted molar refractivity (Wildman–Crippen MR) is 86.3 cm³/mol. The summed E-state index contributed by atoms with van der Waals surface area (Å²) in [6.45, 7) is 2.27. The number of aromatic nitrogens is 1. The summed E-state index contributed by atoms with van der Waals surface area (Å²) in [6, 6.07) is 4.48. The molecule has 3 heteroatoms. The Bertz CT molecular complexity index is 313. The van der Waals surface area contributed by atoms with E-state index in [1.165, 1.54) is 56.9 Å². The van der Waals surface area contributed by atoms with E-state index in [9.17, 15) is 0 Å². The monoisotopic (exact) mass is 277 g/mol. The van der Waals surface area contributed by atoms with Gasteiger partial charge in [0.1, 0.15) is 0 Å². The molecule has 0 bridgehead atoms. The van der Waals surface area contributed by atoms with Gasteiger partial charge in [-0.2, -0.15) is 0 Å². The van der Waals surface area contributed by atoms with Gasteiger partial charge in [-0.05, 0) is 24.5 Å². The minimum Gasteiger partial charge on any atom is -0.271 e. The topological polar surface area (TPSA) is 50.9 Å². The first-order chi connectivity index (χ1) is 9.86. The Kier molecular flexibility index (Phi) is 10.2. The molecule has 0 aliphatic rings. The highest BCUT2D eigenvalue weighted by atomic mass is 15.2. The summed E-state index contributed by atoms with van der Waals surface area (Å²) in [6.07, 6.45) is 16.8. The van der Waals surface area contributed by atoms with E-state index in [1.807, 2.05) is 18.5 Å². The van der Waals surface area contributed by atoms with Crippen molar-refractivity contribution in [1.82, 2.24) is 10.4 Å². The number of unbranched alkanes of at least 4 members (excludes halogenated alkanes) is 7. The molecule has 1 unspecified atom stereocenters. The molecule has 1 atom stereocenters. The van der Waals surface area contributed by atoms with Crippen molar-refractivity contribution in [3.05, 3.63) is 30.1 Å². The van der Waals surface area contributed by atoms with Crippen LogP contribution >= 0.6 is 0 Å². The van der Waals surface area contributed by atoms with Gasteiger partial charge in [-0.25, -0.2) is 0 Å². The first kappa shape index (κ1) is 17.1. The predicted octanol–water partition coefficient (Wildman–Crippen LogP) is 3.99. The van der Waals surface area contributed by atoms with Gasteiger partial charge in [0, 0.05) is 18.4 Å². The summed E-state index contributed by atoms with van der Waals surface area (Å²) in [4.78, 5) is 4.15. The molecule has 0 aromatic carbocycles. The number of hydrogen-bond donors (Lipinski definition) is 2. The second-order valence-electron chi connectivity index (χ2n) is 5.69. The second-order valence-corrected chi connectivity index (χ2v) is 5.69. The van der Waals surface area contributed by atoms with Crippen LogP contribution in [0.1, 0.15) is 70.3 Å². The molecule has 0 fully saturated rings. The number of nitrogens with one attached hydrogen (secondary N) is 1. The summed E-state index contributed by atoms with van der Waals surface area (Å²) in [5.41, 5.74) is 4.20. The molecule has 1 heterocycles. The SMILES string of the molecule is CCCCCCCCCCC(Cc1cccnc1)NN. The lowest BCUT2D eigenvalue weighted by Crippen LogP contribution is -2.36. The van der Waals surface area contributed by atoms with Crippen molar-refractivity contribution in [2.24, 2.45) is 5.84 Å². The average Bonchev–Trinajstić information content (AvgIpc) is 2.49. The maximum Gasteiger partial charge on any atom is 0.0300 e. The van der Waals surface area contributed by atoms with Crippen molar-refractivity contribution < 1.29 is 0 Å². The van der Waals surface area contributed by atoms with Crippen LogP contribution in [0, 0.1) is 0 Å². The van der Waals surface area contributed by atoms with Crippen molar-refractivity contribution in [3.63, 3.8) is 0 Å². The quantitative estimate of drug-likeness (QED) is 0.345. The molecule has 0 aliphatic carbocycles. The van der Waals surface area contributed by atoms with Gasteiger partial charge in [0.2, 0.25) is 0 Å². The molecule has 1 aromatic rings. The average molecular weight is 277 g/mol. The van der Waals surface area contributed by atoms with Gasteiger partial charge in [0.25, 0.3) is 0 Å². The molecule has 0 saturated carbocycles. The zero-order valence-electron chi connectivity index (χ0n) is 13.0. The lowest BCUT2D eigenvalue weighted by Gasteiger charge is -2.15. The summed E-state index contributed by atoms with van der Waals surface area (Å²) >= 11 is 0. The highest BCUT2D eigenvalue weighted by Crippen LogP contribution is 2.12. The molecule has 3 nitrogen and oxygen atoms in total. The van der Waals surface area contributed by atoms with E-state index in [0.29, 0.717) is 6.04 Å². The summed E-state index contributed by atoms with van der Waals surface area (Å²) in [7, 11) is 0. The molecule has 1 aromatic heterocycles. The molecule has 0 aliphatic heterocycles. The van der Waals surface area contributed by atoms with Gasteiger partial charge >= 0.3 is 0 Å². The number of rotatable bonds is 12. The maximum absolute atomic E-state index is 5.65. The summed E-state index contributed by atoms with van der Waals surface area (Å²) in [5.74, 6) is 5.65. The molecule has 3 N–H and O–H groups in total. The van der Waals surface area contributed by atoms with Crippen LogP contribution in [0.4, 0.5) is 0 Å². The van der Waals surface area contributed by atoms with Crippen LogP contribution in [-0.4, -0.2) is 11.0 Å². The molecular formula is C17H31N3. The van der Waals surface area contributed by atoms with Crippen LogP contribution in [0.5, 0.6) is 0 Å². The van der Waals surface area contributed by atoms with E-state index in [0.717, 1.165) is 12.8 Å². The lowest BCUT2D eigenvalue weighted by molar-refractivity contribution is 0.458. The number of hydrogen-bond acceptors (Lipinski definition) is 3. The first-order valence-corrected chi connectivity index (χ1v) is 8.21. The van der Waals surface area contributed by atoms with Crippen molar-refractivity contribution in [3.8, 4) is 0 Å². The van der Waals surface area contributed by atoms with Crippen LogP contribution in [0.25, 0.3) is 0 Å². The Balaban J connectivity index is 2.04. The minimum absolute atomic E-state index is 0.374. The third-order valence-electron chi connectivity index (χ3n) is 3.85. The zero-order valence-corrected chi connectivity index (χ0v) is 13.0. The van der Waals surface area contributed by atoms with Gasteiger partial charge < -0.3 is 0 Å². The highest BCUT2D eigenvalue weighted by molar-refractivity contribution is 5.09. The first-order valence-electron chi connectivity index (χ1n) is 8.21. The van der Waals surface area contributed by atoms with E-state index in [2.05, 4.69) is 23.4 Å². The van der Waals surface area contributed by atoms with Gasteiger partial charge in [0.05, 0.1) is 0 Å². The van der Waals surface area contributed by atoms with Crippen molar-refractivity contribution >= 4 is 0 Å². The fourth-order valence-corrected chi connectivity index (χ4v) is 2.57. The van der Waals surface area contributed by atoms with Crippen LogP contribution in [-0.2, 0) is 6.42 Å². The van der Waals surface area contributed by atoms with Crippen molar-refractivity contribution in [2.75, 3.05) is 0 Å². The third kappa shape index (κ3) is 8.28. The standard InChI is InChI=1S/C17H31N3/c1-2-3-4-5-6-7-8-9-12-17(20-18)14-16-11-10-13-19-15-16/h10-11,13,15,17,20H,2-9,12,14,18H2,1H3. The van der Waals surface area contributed by atoms with E-state index in [-0.39, 0.29) is 0 Å². The number of pyridine rings is 1. The Morgan fingerprint density at radius 3 is 2.40 bits per heavy atom. The molecule has 20 heavy (non-hydrogen) atoms. The molecule has 1 rings (SSSR count). The highest BCUT2D eigenvalue weighted by Gasteiger charge is 2.07. The molecule has 0 radical (unpaired) electrons. The minimum atomic E-state index is 0.374. The number of hydrazine groups is 1. The summed E-state index contributed by atoms with van der Waals surface area (Å²) < 4.78 is 0. The number of nitrogens with two attached hydrogens (primary N) is 1. The number of nitrogens with zero attached hydrogens (tertiary/aromatic N) is 1. The zero-order chi connectivity index (χ0) is 14.5. The Morgan fingerprint density at radius 1 is 1.10 bits per heavy atom. The van der Waals surface area contributed by atoms with Crippen molar-refractivity contribution in [1.29, 1.82) is 0 Å². The molecule has 0 spiro atoms. The summed E-state index contributed by atoms with van der Waals surface area (Å²) in [5, 5.41) is 0. The van der Waals surface area contributed by atoms with Gasteiger partial charge in [-0.1, -0.05) is 64.4 Å². The molecule has 0 amide bonds. The van der Waals surface area contributed by atoms with E-state index in [1.54, 1.807) is 0 Å². The Labute approximate surface area is 124 Å². The van der Waals surface area contributed by atoms with Crippen LogP contribution in [0.15, 0.2) is 24.5 Å². The fraction of sp³-hybridized carbons (Fsp3) is 0.706. The van der Waals surface area contributed by atoms with Gasteiger partial charge in [-0.3, -0.25) is 16.3 Å². The third-order valence-corrected chi connectivity index (χ3v) is 3.85. The van der Waals surface area contributed by atoms with Crippen molar-refractivity contribution in [2.45, 2.75) is 77.2 Å². The van der Waals surface area contributed by atoms with Crippen LogP contribution in [0.3, 0.4) is 0 Å². The van der Waals surface area contributed by atoms with Gasteiger partial charge in [0.15, 0.2) is 0 Å². The maximum atomic E-state index is 5.65. The molecular weight excluding hydrogens is 246 g/mol. The van der Waals surface area contributed by atoms with E-state index >= 15 is 0 Å². The van der Waals surface area contributed by atoms with Crippen LogP contribution < -0.4 is 11.3 Å². The normalized spacial score (nSPS) is 12.5.